The van der Waals surface area contributed by atoms with Gasteiger partial charge in [0.15, 0.2) is 5.82 Å². The summed E-state index contributed by atoms with van der Waals surface area (Å²) in [5.74, 6) is 0.761. The molecule has 1 aromatic heterocycles. The van der Waals surface area contributed by atoms with Crippen molar-refractivity contribution in [2.75, 3.05) is 13.1 Å². The van der Waals surface area contributed by atoms with Crippen molar-refractivity contribution in [3.8, 4) is 0 Å². The third-order valence-electron chi connectivity index (χ3n) is 3.86. The summed E-state index contributed by atoms with van der Waals surface area (Å²) in [7, 11) is 0. The molecule has 3 rings (SSSR count). The highest BCUT2D eigenvalue weighted by Gasteiger charge is 2.25. The summed E-state index contributed by atoms with van der Waals surface area (Å²) in [5, 5.41) is 7.53. The van der Waals surface area contributed by atoms with Crippen LogP contribution in [0.25, 0.3) is 0 Å². The number of aromatic nitrogens is 2. The number of piperazine rings is 1. The summed E-state index contributed by atoms with van der Waals surface area (Å²) in [6.07, 6.45) is 2.44. The first-order valence-corrected chi connectivity index (χ1v) is 7.08. The molecule has 1 aromatic carbocycles. The molecule has 2 aromatic rings. The number of hydrogen-bond acceptors (Lipinski definition) is 5. The quantitative estimate of drug-likeness (QED) is 0.913. The standard InChI is InChI=1S/C15H20N4O/c1-12-8-16-14(7-13-5-3-2-4-6-13)9-19(12)10-15-17-11-20-18-15/h2-6,11-12,14,16H,7-10H2,1H3. The molecule has 2 unspecified atom stereocenters. The van der Waals surface area contributed by atoms with Crippen LogP contribution >= 0.6 is 0 Å². The third-order valence-corrected chi connectivity index (χ3v) is 3.86. The molecule has 2 heterocycles. The van der Waals surface area contributed by atoms with Gasteiger partial charge in [-0.1, -0.05) is 35.5 Å². The summed E-state index contributed by atoms with van der Waals surface area (Å²) in [5.41, 5.74) is 1.37. The molecule has 106 valence electrons. The van der Waals surface area contributed by atoms with Gasteiger partial charge in [0, 0.05) is 25.2 Å². The molecule has 0 saturated carbocycles. The Morgan fingerprint density at radius 3 is 2.95 bits per heavy atom. The Hall–Kier alpha value is -1.72. The second-order valence-corrected chi connectivity index (χ2v) is 5.42. The van der Waals surface area contributed by atoms with Gasteiger partial charge in [-0.2, -0.15) is 4.98 Å². The second kappa shape index (κ2) is 6.15. The fourth-order valence-electron chi connectivity index (χ4n) is 2.69. The van der Waals surface area contributed by atoms with Gasteiger partial charge < -0.3 is 9.84 Å². The average Bonchev–Trinajstić information content (AvgIpc) is 2.97. The van der Waals surface area contributed by atoms with E-state index >= 15 is 0 Å². The summed E-state index contributed by atoms with van der Waals surface area (Å²) in [6.45, 7) is 4.98. The van der Waals surface area contributed by atoms with E-state index in [4.69, 9.17) is 4.52 Å². The Labute approximate surface area is 119 Å². The molecule has 2 atom stereocenters. The molecule has 1 aliphatic rings. The maximum Gasteiger partial charge on any atom is 0.213 e. The SMILES string of the molecule is CC1CNC(Cc2ccccc2)CN1Cc1ncon1. The van der Waals surface area contributed by atoms with Crippen LogP contribution in [0.1, 0.15) is 18.3 Å². The summed E-state index contributed by atoms with van der Waals surface area (Å²) >= 11 is 0. The Morgan fingerprint density at radius 2 is 2.20 bits per heavy atom. The fraction of sp³-hybridized carbons (Fsp3) is 0.467. The largest absolute Gasteiger partial charge is 0.343 e. The predicted octanol–water partition coefficient (Wildman–Crippen LogP) is 1.47. The first-order chi connectivity index (χ1) is 9.81. The van der Waals surface area contributed by atoms with Gasteiger partial charge in [-0.25, -0.2) is 0 Å². The van der Waals surface area contributed by atoms with E-state index in [0.717, 1.165) is 31.9 Å². The maximum absolute atomic E-state index is 4.81. The highest BCUT2D eigenvalue weighted by atomic mass is 16.5. The first-order valence-electron chi connectivity index (χ1n) is 7.08. The Bertz CT molecular complexity index is 514. The highest BCUT2D eigenvalue weighted by Crippen LogP contribution is 2.13. The van der Waals surface area contributed by atoms with Crippen LogP contribution in [-0.4, -0.2) is 40.2 Å². The Morgan fingerprint density at radius 1 is 1.35 bits per heavy atom. The van der Waals surface area contributed by atoms with Crippen molar-refractivity contribution in [2.24, 2.45) is 0 Å². The predicted molar refractivity (Wildman–Crippen MR) is 76.1 cm³/mol. The number of benzene rings is 1. The van der Waals surface area contributed by atoms with Gasteiger partial charge in [-0.05, 0) is 18.9 Å². The normalized spacial score (nSPS) is 23.9. The van der Waals surface area contributed by atoms with Crippen LogP contribution in [0.15, 0.2) is 41.2 Å². The lowest BCUT2D eigenvalue weighted by molar-refractivity contribution is 0.128. The van der Waals surface area contributed by atoms with Gasteiger partial charge in [0.2, 0.25) is 6.39 Å². The summed E-state index contributed by atoms with van der Waals surface area (Å²) in [6, 6.07) is 11.6. The van der Waals surface area contributed by atoms with Crippen LogP contribution in [0.3, 0.4) is 0 Å². The van der Waals surface area contributed by atoms with E-state index in [1.165, 1.54) is 12.0 Å². The van der Waals surface area contributed by atoms with E-state index in [9.17, 15) is 0 Å². The molecule has 0 amide bonds. The number of hydrogen-bond donors (Lipinski definition) is 1. The van der Waals surface area contributed by atoms with Gasteiger partial charge in [0.1, 0.15) is 0 Å². The lowest BCUT2D eigenvalue weighted by Crippen LogP contribution is -2.55. The molecule has 0 spiro atoms. The minimum atomic E-state index is 0.473. The van der Waals surface area contributed by atoms with E-state index in [0.29, 0.717) is 12.1 Å². The molecule has 20 heavy (non-hydrogen) atoms. The van der Waals surface area contributed by atoms with E-state index in [-0.39, 0.29) is 0 Å². The minimum absolute atomic E-state index is 0.473. The van der Waals surface area contributed by atoms with Gasteiger partial charge >= 0.3 is 0 Å². The number of nitrogens with zero attached hydrogens (tertiary/aromatic N) is 3. The zero-order valence-corrected chi connectivity index (χ0v) is 11.7. The molecular weight excluding hydrogens is 252 g/mol. The van der Waals surface area contributed by atoms with Crippen molar-refractivity contribution in [1.29, 1.82) is 0 Å². The van der Waals surface area contributed by atoms with E-state index in [1.54, 1.807) is 0 Å². The number of nitrogens with one attached hydrogen (secondary N) is 1. The zero-order chi connectivity index (χ0) is 13.8. The van der Waals surface area contributed by atoms with Gasteiger partial charge in [0.05, 0.1) is 6.54 Å². The smallest absolute Gasteiger partial charge is 0.213 e. The second-order valence-electron chi connectivity index (χ2n) is 5.42. The van der Waals surface area contributed by atoms with E-state index in [2.05, 4.69) is 57.6 Å². The zero-order valence-electron chi connectivity index (χ0n) is 11.7. The van der Waals surface area contributed by atoms with Crippen LogP contribution < -0.4 is 5.32 Å². The lowest BCUT2D eigenvalue weighted by Gasteiger charge is -2.38. The highest BCUT2D eigenvalue weighted by molar-refractivity contribution is 5.16. The first kappa shape index (κ1) is 13.3. The van der Waals surface area contributed by atoms with Crippen molar-refractivity contribution in [2.45, 2.75) is 32.0 Å². The van der Waals surface area contributed by atoms with Crippen LogP contribution in [0.4, 0.5) is 0 Å². The lowest BCUT2D eigenvalue weighted by atomic mass is 10.0. The molecule has 5 nitrogen and oxygen atoms in total. The van der Waals surface area contributed by atoms with Gasteiger partial charge in [-0.15, -0.1) is 0 Å². The van der Waals surface area contributed by atoms with Crippen LogP contribution in [-0.2, 0) is 13.0 Å². The Balaban J connectivity index is 1.61. The molecule has 1 fully saturated rings. The molecule has 1 aliphatic heterocycles. The van der Waals surface area contributed by atoms with Crippen LogP contribution in [0, 0.1) is 0 Å². The van der Waals surface area contributed by atoms with Crippen molar-refractivity contribution in [3.63, 3.8) is 0 Å². The van der Waals surface area contributed by atoms with Crippen molar-refractivity contribution < 1.29 is 4.52 Å². The van der Waals surface area contributed by atoms with E-state index < -0.39 is 0 Å². The van der Waals surface area contributed by atoms with Crippen LogP contribution in [0.2, 0.25) is 0 Å². The van der Waals surface area contributed by atoms with Gasteiger partial charge in [-0.3, -0.25) is 4.90 Å². The van der Waals surface area contributed by atoms with Gasteiger partial charge in [0.25, 0.3) is 0 Å². The Kier molecular flexibility index (Phi) is 4.08. The molecule has 0 bridgehead atoms. The van der Waals surface area contributed by atoms with Crippen molar-refractivity contribution in [1.82, 2.24) is 20.4 Å². The van der Waals surface area contributed by atoms with E-state index in [1.807, 2.05) is 0 Å². The maximum atomic E-state index is 4.81. The molecular formula is C15H20N4O. The molecule has 0 radical (unpaired) electrons. The minimum Gasteiger partial charge on any atom is -0.343 e. The monoisotopic (exact) mass is 272 g/mol. The summed E-state index contributed by atoms with van der Waals surface area (Å²) < 4.78 is 4.81. The average molecular weight is 272 g/mol. The number of rotatable bonds is 4. The molecule has 1 N–H and O–H groups in total. The topological polar surface area (TPSA) is 54.2 Å². The van der Waals surface area contributed by atoms with Crippen molar-refractivity contribution in [3.05, 3.63) is 48.1 Å². The fourth-order valence-corrected chi connectivity index (χ4v) is 2.69. The molecule has 1 saturated heterocycles. The van der Waals surface area contributed by atoms with Crippen LogP contribution in [0.5, 0.6) is 0 Å². The summed E-state index contributed by atoms with van der Waals surface area (Å²) in [4.78, 5) is 6.53. The third kappa shape index (κ3) is 3.23. The van der Waals surface area contributed by atoms with Crippen molar-refractivity contribution >= 4 is 0 Å². The molecule has 5 heteroatoms. The molecule has 0 aliphatic carbocycles.